The summed E-state index contributed by atoms with van der Waals surface area (Å²) >= 11 is 0. The van der Waals surface area contributed by atoms with Crippen molar-refractivity contribution in [1.82, 2.24) is 0 Å². The van der Waals surface area contributed by atoms with Gasteiger partial charge in [0.25, 0.3) is 0 Å². The number of allylic oxidation sites excluding steroid dienone is 1. The average Bonchev–Trinajstić information content (AvgIpc) is 3.54. The first-order valence-electron chi connectivity index (χ1n) is 24.4. The summed E-state index contributed by atoms with van der Waals surface area (Å²) in [7, 11) is 0. The highest BCUT2D eigenvalue weighted by Gasteiger charge is 2.70. The molecule has 0 aromatic rings. The highest BCUT2D eigenvalue weighted by molar-refractivity contribution is 5.88. The Hall–Kier alpha value is -1.31. The topological polar surface area (TPSA) is 315 Å². The van der Waals surface area contributed by atoms with Gasteiger partial charge in [-0.1, -0.05) is 53.2 Å². The fourth-order valence-electron chi connectivity index (χ4n) is 14.0. The molecule has 19 nitrogen and oxygen atoms in total. The highest BCUT2D eigenvalue weighted by atomic mass is 16.8. The molecule has 0 amide bonds. The number of hydrogen-bond donors (Lipinski definition) is 12. The van der Waals surface area contributed by atoms with Gasteiger partial charge in [-0.3, -0.25) is 4.79 Å². The Balaban J connectivity index is 1.06. The van der Waals surface area contributed by atoms with Gasteiger partial charge in [-0.25, -0.2) is 0 Å². The van der Waals surface area contributed by atoms with Crippen molar-refractivity contribution in [3.05, 3.63) is 11.6 Å². The van der Waals surface area contributed by atoms with Gasteiger partial charge in [0.15, 0.2) is 18.9 Å². The van der Waals surface area contributed by atoms with E-state index in [0.29, 0.717) is 32.1 Å². The molecule has 7 aliphatic rings. The summed E-state index contributed by atoms with van der Waals surface area (Å²) in [6, 6.07) is 0. The first-order valence-corrected chi connectivity index (χ1v) is 24.4. The van der Waals surface area contributed by atoms with Crippen LogP contribution in [0.15, 0.2) is 11.6 Å². The van der Waals surface area contributed by atoms with E-state index < -0.39 is 141 Å². The zero-order chi connectivity index (χ0) is 49.5. The lowest BCUT2D eigenvalue weighted by atomic mass is 9.38. The summed E-state index contributed by atoms with van der Waals surface area (Å²) < 4.78 is 35.9. The van der Waals surface area contributed by atoms with Gasteiger partial charge in [-0.15, -0.1) is 0 Å². The van der Waals surface area contributed by atoms with Crippen LogP contribution in [0.4, 0.5) is 0 Å². The molecule has 3 heterocycles. The smallest absolute Gasteiger partial charge is 0.187 e. The molecule has 0 spiro atoms. The zero-order valence-electron chi connectivity index (χ0n) is 40.2. The van der Waals surface area contributed by atoms with Crippen LogP contribution in [0.5, 0.6) is 0 Å². The molecule has 7 rings (SSSR count). The Labute approximate surface area is 393 Å². The fourth-order valence-corrected chi connectivity index (χ4v) is 14.0. The zero-order valence-corrected chi connectivity index (χ0v) is 40.2. The third-order valence-corrected chi connectivity index (χ3v) is 18.4. The second kappa shape index (κ2) is 19.6. The molecule has 0 bridgehead atoms. The van der Waals surface area contributed by atoms with Gasteiger partial charge >= 0.3 is 0 Å². The van der Waals surface area contributed by atoms with Crippen molar-refractivity contribution in [2.75, 3.05) is 19.8 Å². The fraction of sp³-hybridized carbons (Fsp3) is 0.938. The predicted octanol–water partition coefficient (Wildman–Crippen LogP) is -0.848. The first-order chi connectivity index (χ1) is 31.2. The van der Waals surface area contributed by atoms with E-state index in [2.05, 4.69) is 47.6 Å². The van der Waals surface area contributed by atoms with E-state index in [0.717, 1.165) is 18.4 Å². The summed E-state index contributed by atoms with van der Waals surface area (Å²) in [6.45, 7) is 14.2. The Bertz CT molecular complexity index is 1750. The Kier molecular flexibility index (Phi) is 15.7. The van der Waals surface area contributed by atoms with E-state index in [4.69, 9.17) is 28.4 Å². The van der Waals surface area contributed by atoms with Gasteiger partial charge in [0, 0.05) is 17.3 Å². The number of aliphatic hydroxyl groups excluding tert-OH is 11. The van der Waals surface area contributed by atoms with Crippen molar-refractivity contribution < 1.29 is 94.5 Å². The number of ketones is 1. The molecule has 19 heteroatoms. The summed E-state index contributed by atoms with van der Waals surface area (Å²) in [5.41, 5.74) is -2.17. The molecule has 3 saturated heterocycles. The van der Waals surface area contributed by atoms with E-state index in [-0.39, 0.29) is 46.7 Å². The number of hydrogen-bond acceptors (Lipinski definition) is 19. The lowest BCUT2D eigenvalue weighted by Gasteiger charge is -2.65. The van der Waals surface area contributed by atoms with E-state index in [1.54, 1.807) is 13.8 Å². The van der Waals surface area contributed by atoms with Crippen LogP contribution in [0, 0.1) is 45.3 Å². The molecular formula is C48H80O19. The quantitative estimate of drug-likeness (QED) is 0.0944. The number of aliphatic hydroxyl groups is 12. The number of rotatable bonds is 14. The van der Waals surface area contributed by atoms with Gasteiger partial charge in [-0.05, 0) is 93.3 Å². The minimum absolute atomic E-state index is 0.0482. The van der Waals surface area contributed by atoms with Gasteiger partial charge in [0.05, 0.1) is 37.6 Å². The Morgan fingerprint density at radius 3 is 1.75 bits per heavy atom. The molecule has 0 radical (unpaired) electrons. The first kappa shape index (κ1) is 53.5. The van der Waals surface area contributed by atoms with Crippen molar-refractivity contribution in [2.24, 2.45) is 45.3 Å². The molecule has 4 aliphatic carbocycles. The monoisotopic (exact) mass is 961 g/mol. The minimum atomic E-state index is -1.84. The highest BCUT2D eigenvalue weighted by Crippen LogP contribution is 2.74. The van der Waals surface area contributed by atoms with E-state index in [9.17, 15) is 61.3 Å². The molecule has 24 unspecified atom stereocenters. The molecule has 12 N–H and O–H groups in total. The maximum Gasteiger partial charge on any atom is 0.187 e. The molecule has 0 aromatic carbocycles. The van der Waals surface area contributed by atoms with Crippen LogP contribution in [0.2, 0.25) is 0 Å². The largest absolute Gasteiger partial charge is 0.394 e. The third-order valence-electron chi connectivity index (χ3n) is 18.4. The third kappa shape index (κ3) is 9.04. The predicted molar refractivity (Wildman–Crippen MR) is 234 cm³/mol. The second-order valence-electron chi connectivity index (χ2n) is 22.8. The van der Waals surface area contributed by atoms with Crippen molar-refractivity contribution in [3.63, 3.8) is 0 Å². The summed E-state index contributed by atoms with van der Waals surface area (Å²) in [5, 5.41) is 126. The van der Waals surface area contributed by atoms with Crippen LogP contribution in [0.1, 0.15) is 107 Å². The second-order valence-corrected chi connectivity index (χ2v) is 22.8. The van der Waals surface area contributed by atoms with Crippen molar-refractivity contribution in [3.8, 4) is 0 Å². The standard InChI is InChI=1S/C48H80O19/c1-21(9-13-31(45(4,5)61)66-43-40(37(58)34(55)27(20-51)64-43)67-42-39(60)36(57)33(54)26(19-50)63-42)22-15-16-46(6)28-12-10-23-24(48(28,8)29(52)17-47(22,46)7)11-14-30(44(23,2)3)65-41-38(59)35(56)32(53)25(18-49)62-41/h10,21-22,24-28,30-43,49-51,53-61H,9,11-20H2,1-8H3. The van der Waals surface area contributed by atoms with Gasteiger partial charge in [-0.2, -0.15) is 0 Å². The van der Waals surface area contributed by atoms with Gasteiger partial charge in [0.2, 0.25) is 0 Å². The molecule has 24 atom stereocenters. The summed E-state index contributed by atoms with van der Waals surface area (Å²) in [6.07, 6.45) is -17.4. The molecule has 386 valence electrons. The molecule has 6 fully saturated rings. The molecule has 0 aromatic heterocycles. The van der Waals surface area contributed by atoms with Crippen LogP contribution in [0.3, 0.4) is 0 Å². The summed E-state index contributed by atoms with van der Waals surface area (Å²) in [5.74, 6) is 0.405. The minimum Gasteiger partial charge on any atom is -0.394 e. The van der Waals surface area contributed by atoms with E-state index in [1.165, 1.54) is 0 Å². The SMILES string of the molecule is CC(CCC(OC1OC(CO)C(O)C(O)C1OC1OC(CO)C(O)C(O)C1O)C(C)(C)O)C1CCC2(C)C3CC=C4C(CCC(OC5OC(CO)C(O)C(O)C5O)C4(C)C)C3(C)C(=O)CC12C. The molecule has 3 aliphatic heterocycles. The van der Waals surface area contributed by atoms with Crippen molar-refractivity contribution in [1.29, 1.82) is 0 Å². The average molecular weight is 961 g/mol. The number of ether oxygens (including phenoxy) is 6. The van der Waals surface area contributed by atoms with Crippen LogP contribution in [-0.2, 0) is 33.2 Å². The maximum atomic E-state index is 15.0. The van der Waals surface area contributed by atoms with Crippen molar-refractivity contribution >= 4 is 5.78 Å². The lowest BCUT2D eigenvalue weighted by molar-refractivity contribution is -0.375. The number of carbonyl (C=O) groups is 1. The van der Waals surface area contributed by atoms with Gasteiger partial charge < -0.3 is 89.7 Å². The van der Waals surface area contributed by atoms with Crippen LogP contribution in [-0.4, -0.2) is 197 Å². The number of Topliss-reactive ketones (excluding diaryl/α,β-unsaturated/α-hetero) is 1. The van der Waals surface area contributed by atoms with Crippen LogP contribution in [0.25, 0.3) is 0 Å². The normalized spacial score (nSPS) is 49.9. The van der Waals surface area contributed by atoms with Gasteiger partial charge in [0.1, 0.15) is 79.0 Å². The van der Waals surface area contributed by atoms with Crippen LogP contribution < -0.4 is 0 Å². The Morgan fingerprint density at radius 1 is 0.687 bits per heavy atom. The molecular weight excluding hydrogens is 881 g/mol. The Morgan fingerprint density at radius 2 is 1.21 bits per heavy atom. The maximum absolute atomic E-state index is 15.0. The number of fused-ring (bicyclic) bond motifs is 5. The summed E-state index contributed by atoms with van der Waals surface area (Å²) in [4.78, 5) is 15.0. The molecule has 3 saturated carbocycles. The molecule has 67 heavy (non-hydrogen) atoms. The lowest BCUT2D eigenvalue weighted by Crippen LogP contribution is -2.65. The van der Waals surface area contributed by atoms with Crippen molar-refractivity contribution in [2.45, 2.75) is 217 Å². The van der Waals surface area contributed by atoms with E-state index >= 15 is 4.79 Å². The van der Waals surface area contributed by atoms with E-state index in [1.807, 2.05) is 0 Å². The van der Waals surface area contributed by atoms with Crippen LogP contribution >= 0.6 is 0 Å². The number of carbonyl (C=O) groups excluding carboxylic acids is 1.